The van der Waals surface area contributed by atoms with E-state index in [-0.39, 0.29) is 30.8 Å². The lowest BCUT2D eigenvalue weighted by molar-refractivity contribution is -0.126. The molecule has 0 atom stereocenters. The molecule has 0 saturated heterocycles. The van der Waals surface area contributed by atoms with Crippen LogP contribution < -0.4 is 10.6 Å². The molecule has 0 radical (unpaired) electrons. The van der Waals surface area contributed by atoms with Gasteiger partial charge in [-0.1, -0.05) is 36.4 Å². The molecule has 0 fully saturated rings. The van der Waals surface area contributed by atoms with Crippen LogP contribution in [0.2, 0.25) is 0 Å². The number of aromatic amines is 1. The van der Waals surface area contributed by atoms with Crippen molar-refractivity contribution < 1.29 is 18.3 Å². The molecule has 0 bridgehead atoms. The fourth-order valence-electron chi connectivity index (χ4n) is 3.88. The maximum atomic E-state index is 13.5. The van der Waals surface area contributed by atoms with Gasteiger partial charge in [-0.3, -0.25) is 4.79 Å². The van der Waals surface area contributed by atoms with E-state index in [9.17, 15) is 13.6 Å². The van der Waals surface area contributed by atoms with Crippen LogP contribution in [0.3, 0.4) is 0 Å². The normalized spacial score (nSPS) is 11.1. The number of aromatic nitrogens is 1. The van der Waals surface area contributed by atoms with Gasteiger partial charge < -0.3 is 20.4 Å². The fourth-order valence-corrected chi connectivity index (χ4v) is 3.88. The average Bonchev–Trinajstić information content (AvgIpc) is 3.26. The number of ether oxygens (including phenoxy) is 1. The van der Waals surface area contributed by atoms with Crippen molar-refractivity contribution >= 4 is 16.8 Å². The Morgan fingerprint density at radius 3 is 2.37 bits per heavy atom. The number of aryl methyl sites for hydroxylation is 1. The number of hydrogen-bond donors (Lipinski definition) is 3. The number of amides is 1. The maximum Gasteiger partial charge on any atom is 0.246 e. The van der Waals surface area contributed by atoms with Crippen molar-refractivity contribution in [2.45, 2.75) is 32.5 Å². The first kappa shape index (κ1) is 24.6. The summed E-state index contributed by atoms with van der Waals surface area (Å²) >= 11 is 0. The minimum atomic E-state index is -0.293. The topological polar surface area (TPSA) is 66.2 Å². The van der Waals surface area contributed by atoms with Crippen molar-refractivity contribution in [3.8, 4) is 0 Å². The van der Waals surface area contributed by atoms with Gasteiger partial charge in [-0.15, -0.1) is 0 Å². The van der Waals surface area contributed by atoms with E-state index in [0.717, 1.165) is 41.4 Å². The number of fused-ring (bicyclic) bond motifs is 1. The molecule has 3 aromatic carbocycles. The SMILES string of the molecule is O=C(COCc1ccc(F)cc1)NCCCc1ccc(CNCc2c[nH]c3ccc(F)cc23)cc1. The second-order valence-electron chi connectivity index (χ2n) is 8.50. The molecule has 1 aromatic heterocycles. The zero-order valence-electron chi connectivity index (χ0n) is 19.5. The van der Waals surface area contributed by atoms with Gasteiger partial charge in [-0.2, -0.15) is 0 Å². The summed E-state index contributed by atoms with van der Waals surface area (Å²) in [5.41, 5.74) is 5.18. The summed E-state index contributed by atoms with van der Waals surface area (Å²) in [6, 6.07) is 19.2. The third kappa shape index (κ3) is 7.47. The van der Waals surface area contributed by atoms with Crippen molar-refractivity contribution in [3.05, 3.63) is 107 Å². The third-order valence-electron chi connectivity index (χ3n) is 5.78. The Morgan fingerprint density at radius 1 is 0.857 bits per heavy atom. The van der Waals surface area contributed by atoms with Crippen LogP contribution in [0, 0.1) is 11.6 Å². The first-order valence-corrected chi connectivity index (χ1v) is 11.7. The number of rotatable bonds is 12. The van der Waals surface area contributed by atoms with E-state index in [2.05, 4.69) is 39.9 Å². The summed E-state index contributed by atoms with van der Waals surface area (Å²) in [7, 11) is 0. The molecule has 35 heavy (non-hydrogen) atoms. The molecule has 4 aromatic rings. The van der Waals surface area contributed by atoms with Crippen molar-refractivity contribution in [2.75, 3.05) is 13.2 Å². The Hall–Kier alpha value is -3.55. The molecule has 0 aliphatic rings. The molecule has 1 amide bonds. The van der Waals surface area contributed by atoms with Gasteiger partial charge in [0.05, 0.1) is 6.61 Å². The highest BCUT2D eigenvalue weighted by Crippen LogP contribution is 2.19. The van der Waals surface area contributed by atoms with Crippen LogP contribution >= 0.6 is 0 Å². The third-order valence-corrected chi connectivity index (χ3v) is 5.78. The van der Waals surface area contributed by atoms with Crippen LogP contribution in [0.15, 0.2) is 72.9 Å². The fraction of sp³-hybridized carbons (Fsp3) is 0.250. The lowest BCUT2D eigenvalue weighted by Gasteiger charge is -2.08. The first-order valence-electron chi connectivity index (χ1n) is 11.7. The molecule has 5 nitrogen and oxygen atoms in total. The molecular formula is C28H29F2N3O2. The number of carbonyl (C=O) groups is 1. The van der Waals surface area contributed by atoms with Gasteiger partial charge >= 0.3 is 0 Å². The van der Waals surface area contributed by atoms with Crippen molar-refractivity contribution in [2.24, 2.45) is 0 Å². The van der Waals surface area contributed by atoms with Crippen molar-refractivity contribution in [1.82, 2.24) is 15.6 Å². The Morgan fingerprint density at radius 2 is 1.57 bits per heavy atom. The standard InChI is InChI=1S/C28H29F2N3O2/c29-24-9-7-22(8-10-24)18-35-19-28(34)32-13-1-2-20-3-5-21(6-4-20)15-31-16-23-17-33-27-12-11-25(30)14-26(23)27/h3-12,14,17,31,33H,1-2,13,15-16,18-19H2,(H,32,34). The van der Waals surface area contributed by atoms with Gasteiger partial charge in [0.15, 0.2) is 0 Å². The Labute approximate surface area is 203 Å². The molecule has 3 N–H and O–H groups in total. The highest BCUT2D eigenvalue weighted by atomic mass is 19.1. The molecule has 0 aliphatic carbocycles. The lowest BCUT2D eigenvalue weighted by Crippen LogP contribution is -2.28. The number of hydrogen-bond acceptors (Lipinski definition) is 3. The van der Waals surface area contributed by atoms with Crippen LogP contribution in [-0.2, 0) is 35.6 Å². The van der Waals surface area contributed by atoms with Crippen LogP contribution in [0.4, 0.5) is 8.78 Å². The molecule has 182 valence electrons. The Balaban J connectivity index is 1.10. The average molecular weight is 478 g/mol. The van der Waals surface area contributed by atoms with Gasteiger partial charge in [0.1, 0.15) is 18.2 Å². The van der Waals surface area contributed by atoms with Crippen molar-refractivity contribution in [1.29, 1.82) is 0 Å². The molecule has 0 spiro atoms. The molecule has 0 saturated carbocycles. The summed E-state index contributed by atoms with van der Waals surface area (Å²) in [5.74, 6) is -0.687. The Kier molecular flexibility index (Phi) is 8.59. The summed E-state index contributed by atoms with van der Waals surface area (Å²) in [6.45, 7) is 2.20. The predicted molar refractivity (Wildman–Crippen MR) is 133 cm³/mol. The number of halogens is 2. The number of nitrogens with one attached hydrogen (secondary N) is 3. The number of H-pyrrole nitrogens is 1. The van der Waals surface area contributed by atoms with Gasteiger partial charge in [0.2, 0.25) is 5.91 Å². The number of carbonyl (C=O) groups excluding carboxylic acids is 1. The molecular weight excluding hydrogens is 448 g/mol. The predicted octanol–water partition coefficient (Wildman–Crippen LogP) is 5.00. The van der Waals surface area contributed by atoms with E-state index in [1.165, 1.54) is 29.3 Å². The van der Waals surface area contributed by atoms with Crippen LogP contribution in [0.25, 0.3) is 10.9 Å². The zero-order chi connectivity index (χ0) is 24.5. The molecule has 7 heteroatoms. The minimum Gasteiger partial charge on any atom is -0.367 e. The molecule has 1 heterocycles. The second-order valence-corrected chi connectivity index (χ2v) is 8.50. The second kappa shape index (κ2) is 12.2. The quantitative estimate of drug-likeness (QED) is 0.252. The lowest BCUT2D eigenvalue weighted by atomic mass is 10.1. The van der Waals surface area contributed by atoms with E-state index in [1.807, 2.05) is 6.20 Å². The number of benzene rings is 3. The van der Waals surface area contributed by atoms with Crippen LogP contribution in [0.1, 0.15) is 28.7 Å². The van der Waals surface area contributed by atoms with Gasteiger partial charge in [-0.25, -0.2) is 8.78 Å². The Bertz CT molecular complexity index is 1240. The van der Waals surface area contributed by atoms with Crippen molar-refractivity contribution in [3.63, 3.8) is 0 Å². The van der Waals surface area contributed by atoms with E-state index in [0.29, 0.717) is 13.1 Å². The minimum absolute atomic E-state index is 0.0213. The van der Waals surface area contributed by atoms with E-state index >= 15 is 0 Å². The summed E-state index contributed by atoms with van der Waals surface area (Å²) in [5, 5.41) is 7.17. The largest absolute Gasteiger partial charge is 0.367 e. The summed E-state index contributed by atoms with van der Waals surface area (Å²) in [6.07, 6.45) is 3.61. The highest BCUT2D eigenvalue weighted by Gasteiger charge is 2.05. The zero-order valence-corrected chi connectivity index (χ0v) is 19.5. The molecule has 4 rings (SSSR count). The van der Waals surface area contributed by atoms with Crippen LogP contribution in [-0.4, -0.2) is 24.0 Å². The van der Waals surface area contributed by atoms with Gasteiger partial charge in [-0.05, 0) is 65.4 Å². The van der Waals surface area contributed by atoms with E-state index in [1.54, 1.807) is 24.3 Å². The summed E-state index contributed by atoms with van der Waals surface area (Å²) in [4.78, 5) is 15.1. The highest BCUT2D eigenvalue weighted by molar-refractivity contribution is 5.83. The monoisotopic (exact) mass is 477 g/mol. The smallest absolute Gasteiger partial charge is 0.246 e. The molecule has 0 unspecified atom stereocenters. The van der Waals surface area contributed by atoms with Gasteiger partial charge in [0.25, 0.3) is 0 Å². The first-order chi connectivity index (χ1) is 17.1. The molecule has 0 aliphatic heterocycles. The van der Waals surface area contributed by atoms with E-state index in [4.69, 9.17) is 4.74 Å². The maximum absolute atomic E-state index is 13.5. The van der Waals surface area contributed by atoms with Gasteiger partial charge in [0, 0.05) is 36.7 Å². The van der Waals surface area contributed by atoms with E-state index < -0.39 is 0 Å². The summed E-state index contributed by atoms with van der Waals surface area (Å²) < 4.78 is 31.8. The van der Waals surface area contributed by atoms with Crippen LogP contribution in [0.5, 0.6) is 0 Å².